The Morgan fingerprint density at radius 1 is 1.14 bits per heavy atom. The van der Waals surface area contributed by atoms with Crippen molar-refractivity contribution in [2.75, 3.05) is 5.73 Å². The van der Waals surface area contributed by atoms with Gasteiger partial charge in [0.05, 0.1) is 4.90 Å². The molecule has 2 aromatic rings. The van der Waals surface area contributed by atoms with Crippen LogP contribution in [-0.4, -0.2) is 8.42 Å². The average molecular weight is 377 g/mol. The summed E-state index contributed by atoms with van der Waals surface area (Å²) in [4.78, 5) is -0.0509. The summed E-state index contributed by atoms with van der Waals surface area (Å²) in [6, 6.07) is 7.27. The number of rotatable bonds is 4. The molecule has 0 spiro atoms. The maximum absolute atomic E-state index is 13.5. The van der Waals surface area contributed by atoms with Crippen LogP contribution in [0.1, 0.15) is 5.56 Å². The first-order chi connectivity index (χ1) is 9.79. The van der Waals surface area contributed by atoms with Crippen LogP contribution >= 0.6 is 15.9 Å². The zero-order chi connectivity index (χ0) is 15.6. The van der Waals surface area contributed by atoms with Crippen molar-refractivity contribution < 1.29 is 17.2 Å². The quantitative estimate of drug-likeness (QED) is 0.805. The van der Waals surface area contributed by atoms with Crippen LogP contribution in [0.15, 0.2) is 45.8 Å². The lowest BCUT2D eigenvalue weighted by Gasteiger charge is -2.10. The molecular weight excluding hydrogens is 366 g/mol. The molecule has 2 aromatic carbocycles. The lowest BCUT2D eigenvalue weighted by molar-refractivity contribution is 0.562. The minimum absolute atomic E-state index is 0.0417. The van der Waals surface area contributed by atoms with Crippen LogP contribution in [0.25, 0.3) is 0 Å². The van der Waals surface area contributed by atoms with Crippen molar-refractivity contribution in [2.45, 2.75) is 11.4 Å². The van der Waals surface area contributed by atoms with Gasteiger partial charge in [-0.15, -0.1) is 0 Å². The highest BCUT2D eigenvalue weighted by Gasteiger charge is 2.18. The van der Waals surface area contributed by atoms with Gasteiger partial charge in [0.25, 0.3) is 0 Å². The standard InChI is InChI=1S/C13H11BrF2N2O2S/c14-11-4-3-10(17)6-13(11)21(19,20)18-7-8-1-2-9(15)5-12(8)16/h1-6,18H,7,17H2. The number of hydrogen-bond donors (Lipinski definition) is 2. The summed E-state index contributed by atoms with van der Waals surface area (Å²) in [5.74, 6) is -1.54. The highest BCUT2D eigenvalue weighted by molar-refractivity contribution is 9.10. The van der Waals surface area contributed by atoms with Gasteiger partial charge in [0.15, 0.2) is 0 Å². The molecular formula is C13H11BrF2N2O2S. The molecule has 2 rings (SSSR count). The fourth-order valence-electron chi connectivity index (χ4n) is 1.64. The van der Waals surface area contributed by atoms with E-state index in [2.05, 4.69) is 20.7 Å². The van der Waals surface area contributed by atoms with Crippen molar-refractivity contribution in [3.8, 4) is 0 Å². The van der Waals surface area contributed by atoms with E-state index in [9.17, 15) is 17.2 Å². The Morgan fingerprint density at radius 2 is 1.86 bits per heavy atom. The number of nitrogen functional groups attached to an aromatic ring is 1. The maximum atomic E-state index is 13.5. The first-order valence-electron chi connectivity index (χ1n) is 5.78. The molecule has 0 aromatic heterocycles. The minimum Gasteiger partial charge on any atom is -0.399 e. The molecule has 4 nitrogen and oxygen atoms in total. The number of benzene rings is 2. The Bertz CT molecular complexity index is 782. The molecule has 0 bridgehead atoms. The molecule has 0 unspecified atom stereocenters. The molecule has 3 N–H and O–H groups in total. The van der Waals surface area contributed by atoms with E-state index in [1.165, 1.54) is 18.2 Å². The van der Waals surface area contributed by atoms with Gasteiger partial charge in [-0.3, -0.25) is 0 Å². The predicted octanol–water partition coefficient (Wildman–Crippen LogP) is 2.79. The number of halogens is 3. The molecule has 0 fully saturated rings. The largest absolute Gasteiger partial charge is 0.399 e. The van der Waals surface area contributed by atoms with E-state index in [0.29, 0.717) is 10.5 Å². The monoisotopic (exact) mass is 376 g/mol. The maximum Gasteiger partial charge on any atom is 0.242 e. The summed E-state index contributed by atoms with van der Waals surface area (Å²) in [7, 11) is -3.88. The Labute approximate surface area is 129 Å². The van der Waals surface area contributed by atoms with Gasteiger partial charge in [0, 0.05) is 28.3 Å². The summed E-state index contributed by atoms with van der Waals surface area (Å²) < 4.78 is 53.2. The van der Waals surface area contributed by atoms with Crippen molar-refractivity contribution in [1.82, 2.24) is 4.72 Å². The lowest BCUT2D eigenvalue weighted by atomic mass is 10.2. The zero-order valence-electron chi connectivity index (χ0n) is 10.6. The van der Waals surface area contributed by atoms with Gasteiger partial charge in [-0.1, -0.05) is 6.07 Å². The van der Waals surface area contributed by atoms with Gasteiger partial charge in [-0.05, 0) is 40.2 Å². The average Bonchev–Trinajstić information content (AvgIpc) is 2.40. The second-order valence-electron chi connectivity index (χ2n) is 4.25. The van der Waals surface area contributed by atoms with E-state index in [-0.39, 0.29) is 22.7 Å². The second-order valence-corrected chi connectivity index (χ2v) is 6.84. The smallest absolute Gasteiger partial charge is 0.242 e. The van der Waals surface area contributed by atoms with Crippen molar-refractivity contribution in [3.63, 3.8) is 0 Å². The molecule has 0 aliphatic rings. The van der Waals surface area contributed by atoms with Gasteiger partial charge in [-0.25, -0.2) is 21.9 Å². The first kappa shape index (κ1) is 15.9. The SMILES string of the molecule is Nc1ccc(Br)c(S(=O)(=O)NCc2ccc(F)cc2F)c1. The van der Waals surface area contributed by atoms with E-state index in [1.807, 2.05) is 0 Å². The van der Waals surface area contributed by atoms with E-state index >= 15 is 0 Å². The van der Waals surface area contributed by atoms with Gasteiger partial charge in [0.1, 0.15) is 11.6 Å². The molecule has 0 aliphatic heterocycles. The van der Waals surface area contributed by atoms with Crippen LogP contribution in [0, 0.1) is 11.6 Å². The van der Waals surface area contributed by atoms with E-state index in [0.717, 1.165) is 6.07 Å². The van der Waals surface area contributed by atoms with Crippen LogP contribution in [-0.2, 0) is 16.6 Å². The summed E-state index contributed by atoms with van der Waals surface area (Å²) in [5.41, 5.74) is 5.88. The predicted molar refractivity (Wildman–Crippen MR) is 78.9 cm³/mol. The highest BCUT2D eigenvalue weighted by atomic mass is 79.9. The molecule has 0 aliphatic carbocycles. The van der Waals surface area contributed by atoms with Gasteiger partial charge >= 0.3 is 0 Å². The van der Waals surface area contributed by atoms with Crippen LogP contribution in [0.5, 0.6) is 0 Å². The number of sulfonamides is 1. The topological polar surface area (TPSA) is 72.2 Å². The molecule has 0 saturated heterocycles. The van der Waals surface area contributed by atoms with Gasteiger partial charge in [-0.2, -0.15) is 0 Å². The minimum atomic E-state index is -3.88. The molecule has 0 atom stereocenters. The number of anilines is 1. The third kappa shape index (κ3) is 3.78. The molecule has 112 valence electrons. The molecule has 0 radical (unpaired) electrons. The highest BCUT2D eigenvalue weighted by Crippen LogP contribution is 2.24. The molecule has 0 amide bonds. The van der Waals surface area contributed by atoms with Crippen LogP contribution < -0.4 is 10.5 Å². The van der Waals surface area contributed by atoms with E-state index in [4.69, 9.17) is 5.73 Å². The Hall–Kier alpha value is -1.51. The fourth-order valence-corrected chi connectivity index (χ4v) is 3.64. The molecule has 0 saturated carbocycles. The van der Waals surface area contributed by atoms with Crippen molar-refractivity contribution in [3.05, 3.63) is 58.1 Å². The van der Waals surface area contributed by atoms with Crippen LogP contribution in [0.2, 0.25) is 0 Å². The lowest BCUT2D eigenvalue weighted by Crippen LogP contribution is -2.24. The first-order valence-corrected chi connectivity index (χ1v) is 8.06. The second kappa shape index (κ2) is 6.08. The van der Waals surface area contributed by atoms with Crippen molar-refractivity contribution in [1.29, 1.82) is 0 Å². The van der Waals surface area contributed by atoms with Crippen molar-refractivity contribution >= 4 is 31.6 Å². The Morgan fingerprint density at radius 3 is 2.52 bits per heavy atom. The normalized spacial score (nSPS) is 11.6. The third-order valence-corrected chi connectivity index (χ3v) is 5.11. The van der Waals surface area contributed by atoms with E-state index in [1.54, 1.807) is 6.07 Å². The summed E-state index contributed by atoms with van der Waals surface area (Å²) in [6.07, 6.45) is 0. The molecule has 0 heterocycles. The fraction of sp³-hybridized carbons (Fsp3) is 0.0769. The summed E-state index contributed by atoms with van der Waals surface area (Å²) >= 11 is 3.12. The molecule has 8 heteroatoms. The Kier molecular flexibility index (Phi) is 4.60. The van der Waals surface area contributed by atoms with Gasteiger partial charge in [0.2, 0.25) is 10.0 Å². The zero-order valence-corrected chi connectivity index (χ0v) is 13.0. The van der Waals surface area contributed by atoms with Crippen molar-refractivity contribution in [2.24, 2.45) is 0 Å². The number of nitrogens with one attached hydrogen (secondary N) is 1. The van der Waals surface area contributed by atoms with Gasteiger partial charge < -0.3 is 5.73 Å². The number of nitrogens with two attached hydrogens (primary N) is 1. The Balaban J connectivity index is 2.24. The van der Waals surface area contributed by atoms with Crippen LogP contribution in [0.4, 0.5) is 14.5 Å². The summed E-state index contributed by atoms with van der Waals surface area (Å²) in [6.45, 7) is -0.296. The molecule has 21 heavy (non-hydrogen) atoms. The number of hydrogen-bond acceptors (Lipinski definition) is 3. The third-order valence-electron chi connectivity index (χ3n) is 2.71. The summed E-state index contributed by atoms with van der Waals surface area (Å²) in [5, 5.41) is 0. The van der Waals surface area contributed by atoms with Crippen LogP contribution in [0.3, 0.4) is 0 Å². The van der Waals surface area contributed by atoms with E-state index < -0.39 is 21.7 Å².